The van der Waals surface area contributed by atoms with Crippen molar-refractivity contribution in [3.05, 3.63) is 125 Å². The normalized spacial score (nSPS) is 26.2. The fourth-order valence-electron chi connectivity index (χ4n) is 13.2. The third-order valence-corrected chi connectivity index (χ3v) is 19.7. The Bertz CT molecular complexity index is 3510. The highest BCUT2D eigenvalue weighted by molar-refractivity contribution is 7.12. The van der Waals surface area contributed by atoms with Crippen LogP contribution in [0.5, 0.6) is 0 Å². The first-order valence-corrected chi connectivity index (χ1v) is 31.2. The molecule has 2 aromatic heterocycles. The lowest BCUT2D eigenvalue weighted by atomic mass is 9.95. The number of carbonyl (C=O) groups is 6. The first-order valence-electron chi connectivity index (χ1n) is 28.7. The molecule has 0 spiro atoms. The summed E-state index contributed by atoms with van der Waals surface area (Å²) in [7, 11) is 4.36. The van der Waals surface area contributed by atoms with Gasteiger partial charge in [-0.1, -0.05) is 35.3 Å². The first-order chi connectivity index (χ1) is 42.2. The van der Waals surface area contributed by atoms with Gasteiger partial charge in [0.1, 0.15) is 35.8 Å². The van der Waals surface area contributed by atoms with Crippen molar-refractivity contribution in [3.63, 3.8) is 0 Å². The Kier molecular flexibility index (Phi) is 18.5. The lowest BCUT2D eigenvalue weighted by molar-refractivity contribution is -0.143. The number of amides is 4. The molecule has 6 fully saturated rings. The summed E-state index contributed by atoms with van der Waals surface area (Å²) in [4.78, 5) is 111. The first kappa shape index (κ1) is 62.4. The quantitative estimate of drug-likeness (QED) is 0.116. The largest absolute Gasteiger partial charge is 0.480 e. The number of benzene rings is 2. The highest BCUT2D eigenvalue weighted by Crippen LogP contribution is 2.40. The number of rotatable bonds is 15. The van der Waals surface area contributed by atoms with Gasteiger partial charge >= 0.3 is 35.9 Å². The number of urea groups is 2. The molecule has 12 rings (SSSR count). The van der Waals surface area contributed by atoms with E-state index in [0.29, 0.717) is 136 Å². The number of likely N-dealkylation sites (N-methyl/N-ethyl adjacent to an activating group) is 1. The predicted molar refractivity (Wildman–Crippen MR) is 322 cm³/mol. The molecule has 6 saturated heterocycles. The van der Waals surface area contributed by atoms with Crippen molar-refractivity contribution in [1.82, 2.24) is 59.8 Å². The molecule has 8 aliphatic heterocycles. The average molecular weight is 1290 g/mol. The minimum absolute atomic E-state index is 0.0542. The standard InChI is InChI=1S/C30H35ClFN7O5S.C28H31ClFN7O5S/c1-16(2)38-13-18(11-23(38)28(40)41)39-14-19-12-36(7-8-37(19)30(39)43)15-22-24(29(42)44-3)25(20-5-4-17(32)10-21(20)31)35-26(34-22)27-33-6-9-45-27;1-34-11-16(10-21(34)26(38)39)37-13-17-12-35(6-7-36(17)28(37)41)14-20-22(27(40)42-2)23(18-4-3-15(30)9-19(18)29)33-24(32-20)25-31-5-8-43-25/h4-6,9-10,16,18-19,23,25H,7-8,11-15H2,1-3H3,(H,34,35)(H,40,41);3-5,8-9,16-17,21,23H,6-7,10-14H2,1-2H3,(H,32,33)(H,38,39)/t18-,19?,23-,25+;16-,17-,21+,23-/m10/s1. The summed E-state index contributed by atoms with van der Waals surface area (Å²) in [6.45, 7) is 9.84. The lowest BCUT2D eigenvalue weighted by Crippen LogP contribution is -2.53. The number of aliphatic carboxylic acids is 2. The van der Waals surface area contributed by atoms with Crippen LogP contribution in [0, 0.1) is 11.6 Å². The summed E-state index contributed by atoms with van der Waals surface area (Å²) < 4.78 is 38.3. The van der Waals surface area contributed by atoms with Gasteiger partial charge in [0.25, 0.3) is 0 Å². The number of carbonyl (C=O) groups excluding carboxylic acids is 4. The van der Waals surface area contributed by atoms with Gasteiger partial charge in [-0.25, -0.2) is 37.9 Å². The molecule has 24 nitrogen and oxygen atoms in total. The summed E-state index contributed by atoms with van der Waals surface area (Å²) in [5.74, 6) is -3.00. The zero-order valence-electron chi connectivity index (χ0n) is 48.7. The number of esters is 2. The van der Waals surface area contributed by atoms with Crippen LogP contribution in [-0.2, 0) is 28.7 Å². The van der Waals surface area contributed by atoms with E-state index in [2.05, 4.69) is 30.4 Å². The Morgan fingerprint density at radius 3 is 1.45 bits per heavy atom. The number of amidine groups is 2. The molecule has 4 N–H and O–H groups in total. The van der Waals surface area contributed by atoms with E-state index in [-0.39, 0.29) is 63.5 Å². The van der Waals surface area contributed by atoms with Gasteiger partial charge in [0.2, 0.25) is 0 Å². The van der Waals surface area contributed by atoms with E-state index in [1.54, 1.807) is 24.3 Å². The van der Waals surface area contributed by atoms with Crippen LogP contribution < -0.4 is 10.6 Å². The molecule has 30 heteroatoms. The van der Waals surface area contributed by atoms with Crippen LogP contribution >= 0.6 is 45.9 Å². The second-order valence-electron chi connectivity index (χ2n) is 23.0. The molecule has 2 aromatic carbocycles. The second kappa shape index (κ2) is 26.1. The predicted octanol–water partition coefficient (Wildman–Crippen LogP) is 4.84. The molecule has 0 aliphatic carbocycles. The number of likely N-dealkylation sites (tertiary alicyclic amines) is 2. The summed E-state index contributed by atoms with van der Waals surface area (Å²) in [5, 5.41) is 31.1. The van der Waals surface area contributed by atoms with Crippen molar-refractivity contribution in [1.29, 1.82) is 0 Å². The number of halogens is 4. The molecule has 8 aliphatic rings. The minimum atomic E-state index is -0.879. The van der Waals surface area contributed by atoms with E-state index in [1.807, 2.05) is 49.1 Å². The molecule has 1 unspecified atom stereocenters. The van der Waals surface area contributed by atoms with Crippen LogP contribution in [0.3, 0.4) is 0 Å². The number of hydrogen-bond donors (Lipinski definition) is 4. The smallest absolute Gasteiger partial charge is 0.338 e. The number of thiazole rings is 2. The van der Waals surface area contributed by atoms with Gasteiger partial charge in [-0.15, -0.1) is 22.7 Å². The zero-order valence-corrected chi connectivity index (χ0v) is 51.9. The Balaban J connectivity index is 0.000000182. The van der Waals surface area contributed by atoms with Crippen molar-refractivity contribution in [2.45, 2.75) is 81.1 Å². The van der Waals surface area contributed by atoms with Gasteiger partial charge in [-0.05, 0) is 58.0 Å². The summed E-state index contributed by atoms with van der Waals surface area (Å²) in [6, 6.07) is 4.44. The van der Waals surface area contributed by atoms with Crippen LogP contribution in [0.2, 0.25) is 10.0 Å². The SMILES string of the molecule is COC(=O)C1=C(CN2CCN3C(=O)N([C@@H]4C[C@H](C(=O)O)N(C(C)C)C4)CC3C2)NC(c2nccs2)=N[C@H]1c1ccc(F)cc1Cl.COC(=O)C1=C(CN2CCN3C(=O)N([C@H]4C[C@H](C(=O)O)N(C)C4)C[C@@H]3C2)NC(c2nccs2)=N[C@H]1c1ccc(F)cc1Cl. The summed E-state index contributed by atoms with van der Waals surface area (Å²) in [5.41, 5.74) is 2.57. The molecule has 468 valence electrons. The van der Waals surface area contributed by atoms with Crippen molar-refractivity contribution in [3.8, 4) is 0 Å². The molecule has 88 heavy (non-hydrogen) atoms. The van der Waals surface area contributed by atoms with Gasteiger partial charge < -0.3 is 49.9 Å². The van der Waals surface area contributed by atoms with Crippen LogP contribution in [0.4, 0.5) is 18.4 Å². The number of aliphatic imine (C=N–C) groups is 2. The van der Waals surface area contributed by atoms with Crippen LogP contribution in [0.15, 0.2) is 92.1 Å². The Labute approximate surface area is 523 Å². The average Bonchev–Trinajstić information content (AvgIpc) is 1.36. The van der Waals surface area contributed by atoms with Crippen molar-refractivity contribution in [2.75, 3.05) is 99.8 Å². The molecular formula is C58H66Cl2F2N14O10S2. The highest BCUT2D eigenvalue weighted by Gasteiger charge is 2.50. The molecular weight excluding hydrogens is 1230 g/mol. The maximum Gasteiger partial charge on any atom is 0.338 e. The van der Waals surface area contributed by atoms with Crippen LogP contribution in [0.1, 0.15) is 59.9 Å². The number of piperazine rings is 2. The van der Waals surface area contributed by atoms with E-state index < -0.39 is 59.7 Å². The second-order valence-corrected chi connectivity index (χ2v) is 25.6. The Hall–Kier alpha value is -7.18. The van der Waals surface area contributed by atoms with E-state index in [0.717, 1.165) is 0 Å². The molecule has 10 heterocycles. The number of carboxylic acids is 2. The highest BCUT2D eigenvalue weighted by atomic mass is 35.5. The van der Waals surface area contributed by atoms with Crippen molar-refractivity contribution < 1.29 is 57.2 Å². The fraction of sp³-hybridized carbons (Fsp3) is 0.483. The van der Waals surface area contributed by atoms with Crippen molar-refractivity contribution in [2.24, 2.45) is 9.98 Å². The molecule has 0 saturated carbocycles. The number of hydrogen-bond acceptors (Lipinski definition) is 20. The summed E-state index contributed by atoms with van der Waals surface area (Å²) in [6.07, 6.45) is 4.11. The third kappa shape index (κ3) is 12.6. The molecule has 8 atom stereocenters. The third-order valence-electron chi connectivity index (χ3n) is 17.5. The lowest BCUT2D eigenvalue weighted by Gasteiger charge is -2.38. The van der Waals surface area contributed by atoms with E-state index in [9.17, 15) is 47.8 Å². The number of fused-ring (bicyclic) bond motifs is 2. The maximum absolute atomic E-state index is 14.0. The van der Waals surface area contributed by atoms with Crippen molar-refractivity contribution >= 4 is 93.5 Å². The van der Waals surface area contributed by atoms with Gasteiger partial charge in [-0.2, -0.15) is 0 Å². The topological polar surface area (TPSA) is 262 Å². The number of nitrogens with zero attached hydrogens (tertiary/aromatic N) is 12. The Morgan fingerprint density at radius 2 is 1.08 bits per heavy atom. The van der Waals surface area contributed by atoms with E-state index >= 15 is 0 Å². The minimum Gasteiger partial charge on any atom is -0.480 e. The Morgan fingerprint density at radius 1 is 0.636 bits per heavy atom. The number of ether oxygens (including phenoxy) is 2. The molecule has 0 radical (unpaired) electrons. The van der Waals surface area contributed by atoms with Gasteiger partial charge in [0.05, 0.1) is 37.4 Å². The molecule has 4 amide bonds. The van der Waals surface area contributed by atoms with Gasteiger partial charge in [0, 0.05) is 152 Å². The number of nitrogens with one attached hydrogen (secondary N) is 2. The molecule has 4 aromatic rings. The fourth-order valence-corrected chi connectivity index (χ4v) is 15.0. The van der Waals surface area contributed by atoms with Crippen LogP contribution in [-0.4, -0.2) is 249 Å². The van der Waals surface area contributed by atoms with E-state index in [4.69, 9.17) is 42.7 Å². The molecule has 0 bridgehead atoms. The monoisotopic (exact) mass is 1290 g/mol. The number of methoxy groups -OCH3 is 2. The number of carboxylic acid groups (broad SMARTS) is 2. The number of aromatic nitrogens is 2. The van der Waals surface area contributed by atoms with E-state index in [1.165, 1.54) is 73.3 Å². The maximum atomic E-state index is 14.0. The zero-order chi connectivity index (χ0) is 62.4. The van der Waals surface area contributed by atoms with Crippen LogP contribution in [0.25, 0.3) is 0 Å². The summed E-state index contributed by atoms with van der Waals surface area (Å²) >= 11 is 15.7. The van der Waals surface area contributed by atoms with Gasteiger partial charge in [0.15, 0.2) is 21.7 Å². The van der Waals surface area contributed by atoms with Gasteiger partial charge in [-0.3, -0.25) is 39.2 Å².